The van der Waals surface area contributed by atoms with Crippen molar-refractivity contribution < 1.29 is 8.42 Å². The van der Waals surface area contributed by atoms with E-state index in [1.807, 2.05) is 30.2 Å². The molecule has 0 bridgehead atoms. The highest BCUT2D eigenvalue weighted by molar-refractivity contribution is 7.99. The summed E-state index contributed by atoms with van der Waals surface area (Å²) in [6, 6.07) is 1.93. The second kappa shape index (κ2) is 7.17. The summed E-state index contributed by atoms with van der Waals surface area (Å²) in [6.45, 7) is 6.42. The van der Waals surface area contributed by atoms with E-state index in [1.165, 1.54) is 0 Å². The molecule has 1 saturated heterocycles. The van der Waals surface area contributed by atoms with Crippen LogP contribution in [-0.4, -0.2) is 48.4 Å². The van der Waals surface area contributed by atoms with Crippen molar-refractivity contribution in [2.45, 2.75) is 44.3 Å². The Morgan fingerprint density at radius 3 is 2.81 bits per heavy atom. The zero-order chi connectivity index (χ0) is 15.5. The van der Waals surface area contributed by atoms with Crippen molar-refractivity contribution in [2.75, 3.05) is 25.1 Å². The highest BCUT2D eigenvalue weighted by Crippen LogP contribution is 2.27. The van der Waals surface area contributed by atoms with E-state index in [0.29, 0.717) is 11.4 Å². The summed E-state index contributed by atoms with van der Waals surface area (Å²) in [5.74, 6) is 1.95. The van der Waals surface area contributed by atoms with Crippen molar-refractivity contribution >= 4 is 21.8 Å². The monoisotopic (exact) mass is 331 g/mol. The van der Waals surface area contributed by atoms with Gasteiger partial charge in [-0.15, -0.1) is 0 Å². The third-order valence-electron chi connectivity index (χ3n) is 3.95. The van der Waals surface area contributed by atoms with Crippen LogP contribution in [0.3, 0.4) is 0 Å². The topological polar surface area (TPSA) is 54.3 Å². The Bertz CT molecular complexity index is 563. The van der Waals surface area contributed by atoms with Crippen molar-refractivity contribution in [3.8, 4) is 0 Å². The second-order valence-electron chi connectivity index (χ2n) is 5.27. The normalized spacial score (nSPS) is 19.5. The number of thioether (sulfide) groups is 1. The highest BCUT2D eigenvalue weighted by atomic mass is 32.2. The van der Waals surface area contributed by atoms with E-state index in [2.05, 4.69) is 5.32 Å². The summed E-state index contributed by atoms with van der Waals surface area (Å²) in [6.07, 6.45) is 2.71. The molecule has 1 aromatic rings. The molecule has 21 heavy (non-hydrogen) atoms. The SMILES string of the molecule is CCNCc1cc(S(=O)(=O)N(C)C2CCSC2)cn1CC. The number of nitrogens with one attached hydrogen (secondary N) is 1. The summed E-state index contributed by atoms with van der Waals surface area (Å²) >= 11 is 1.82. The molecule has 1 aromatic heterocycles. The first-order valence-corrected chi connectivity index (χ1v) is 10.1. The lowest BCUT2D eigenvalue weighted by Crippen LogP contribution is -2.36. The number of sulfonamides is 1. The first-order valence-electron chi connectivity index (χ1n) is 7.46. The van der Waals surface area contributed by atoms with E-state index in [1.54, 1.807) is 23.6 Å². The van der Waals surface area contributed by atoms with E-state index < -0.39 is 10.0 Å². The van der Waals surface area contributed by atoms with Gasteiger partial charge in [0.05, 0.1) is 0 Å². The zero-order valence-corrected chi connectivity index (χ0v) is 14.6. The summed E-state index contributed by atoms with van der Waals surface area (Å²) in [5, 5.41) is 3.26. The molecule has 1 aliphatic rings. The molecule has 1 aliphatic heterocycles. The smallest absolute Gasteiger partial charge is 0.244 e. The molecule has 5 nitrogen and oxygen atoms in total. The third kappa shape index (κ3) is 3.64. The number of hydrogen-bond donors (Lipinski definition) is 1. The second-order valence-corrected chi connectivity index (χ2v) is 8.42. The molecule has 2 heterocycles. The molecule has 7 heteroatoms. The van der Waals surface area contributed by atoms with E-state index in [4.69, 9.17) is 0 Å². The molecule has 0 spiro atoms. The van der Waals surface area contributed by atoms with Crippen LogP contribution in [0, 0.1) is 0 Å². The average Bonchev–Trinajstić information content (AvgIpc) is 3.13. The van der Waals surface area contributed by atoms with Gasteiger partial charge in [0, 0.05) is 43.8 Å². The van der Waals surface area contributed by atoms with Gasteiger partial charge in [0.2, 0.25) is 10.0 Å². The van der Waals surface area contributed by atoms with Gasteiger partial charge in [-0.25, -0.2) is 8.42 Å². The molecular weight excluding hydrogens is 306 g/mol. The molecule has 120 valence electrons. The molecular formula is C14H25N3O2S2. The van der Waals surface area contributed by atoms with Crippen LogP contribution in [0.5, 0.6) is 0 Å². The predicted octanol–water partition coefficient (Wildman–Crippen LogP) is 1.74. The van der Waals surface area contributed by atoms with Crippen molar-refractivity contribution in [1.82, 2.24) is 14.2 Å². The number of nitrogens with zero attached hydrogens (tertiary/aromatic N) is 2. The Labute approximate surface area is 132 Å². The summed E-state index contributed by atoms with van der Waals surface area (Å²) in [5.41, 5.74) is 1.02. The number of rotatable bonds is 7. The fraction of sp³-hybridized carbons (Fsp3) is 0.714. The Kier molecular flexibility index (Phi) is 5.76. The first kappa shape index (κ1) is 16.9. The van der Waals surface area contributed by atoms with Crippen LogP contribution in [0.25, 0.3) is 0 Å². The van der Waals surface area contributed by atoms with E-state index >= 15 is 0 Å². The average molecular weight is 332 g/mol. The molecule has 1 atom stereocenters. The molecule has 0 amide bonds. The largest absolute Gasteiger partial charge is 0.349 e. The lowest BCUT2D eigenvalue weighted by molar-refractivity contribution is 0.394. The van der Waals surface area contributed by atoms with Gasteiger partial charge in [0.25, 0.3) is 0 Å². The van der Waals surface area contributed by atoms with Crippen molar-refractivity contribution in [2.24, 2.45) is 0 Å². The van der Waals surface area contributed by atoms with Gasteiger partial charge in [0.1, 0.15) is 4.90 Å². The number of aryl methyl sites for hydroxylation is 1. The van der Waals surface area contributed by atoms with Crippen LogP contribution >= 0.6 is 11.8 Å². The van der Waals surface area contributed by atoms with Gasteiger partial charge in [-0.1, -0.05) is 6.92 Å². The quantitative estimate of drug-likeness (QED) is 0.827. The maximum atomic E-state index is 12.8. The van der Waals surface area contributed by atoms with Crippen molar-refractivity contribution in [1.29, 1.82) is 0 Å². The van der Waals surface area contributed by atoms with Crippen LogP contribution < -0.4 is 5.32 Å². The standard InChI is InChI=1S/C14H25N3O2S2/c1-4-15-9-13-8-14(10-17(13)5-2)21(18,19)16(3)12-6-7-20-11-12/h8,10,12,15H,4-7,9,11H2,1-3H3. The predicted molar refractivity (Wildman–Crippen MR) is 88.2 cm³/mol. The zero-order valence-electron chi connectivity index (χ0n) is 13.0. The van der Waals surface area contributed by atoms with Crippen molar-refractivity contribution in [3.05, 3.63) is 18.0 Å². The van der Waals surface area contributed by atoms with Gasteiger partial charge in [-0.2, -0.15) is 16.1 Å². The summed E-state index contributed by atoms with van der Waals surface area (Å²) in [4.78, 5) is 0.414. The van der Waals surface area contributed by atoms with Crippen LogP contribution in [0.15, 0.2) is 17.2 Å². The highest BCUT2D eigenvalue weighted by Gasteiger charge is 2.31. The number of aromatic nitrogens is 1. The lowest BCUT2D eigenvalue weighted by Gasteiger charge is -2.22. The van der Waals surface area contributed by atoms with E-state index in [0.717, 1.165) is 36.7 Å². The van der Waals surface area contributed by atoms with Crippen molar-refractivity contribution in [3.63, 3.8) is 0 Å². The Balaban J connectivity index is 2.24. The van der Waals surface area contributed by atoms with Crippen LogP contribution in [0.1, 0.15) is 26.0 Å². The molecule has 1 unspecified atom stereocenters. The van der Waals surface area contributed by atoms with Gasteiger partial charge < -0.3 is 9.88 Å². The van der Waals surface area contributed by atoms with Crippen LogP contribution in [0.4, 0.5) is 0 Å². The maximum absolute atomic E-state index is 12.8. The minimum Gasteiger partial charge on any atom is -0.349 e. The first-order chi connectivity index (χ1) is 10.0. The number of hydrogen-bond acceptors (Lipinski definition) is 4. The Morgan fingerprint density at radius 2 is 2.24 bits per heavy atom. The van der Waals surface area contributed by atoms with Gasteiger partial charge in [-0.3, -0.25) is 0 Å². The van der Waals surface area contributed by atoms with Gasteiger partial charge >= 0.3 is 0 Å². The molecule has 0 saturated carbocycles. The lowest BCUT2D eigenvalue weighted by atomic mass is 10.3. The fourth-order valence-corrected chi connectivity index (χ4v) is 5.35. The molecule has 1 fully saturated rings. The summed E-state index contributed by atoms with van der Waals surface area (Å²) < 4.78 is 29.1. The minimum atomic E-state index is -3.39. The van der Waals surface area contributed by atoms with Gasteiger partial charge in [-0.05, 0) is 31.7 Å². The van der Waals surface area contributed by atoms with Crippen LogP contribution in [0.2, 0.25) is 0 Å². The van der Waals surface area contributed by atoms with Crippen LogP contribution in [-0.2, 0) is 23.1 Å². The maximum Gasteiger partial charge on any atom is 0.244 e. The molecule has 0 aromatic carbocycles. The minimum absolute atomic E-state index is 0.127. The fourth-order valence-electron chi connectivity index (χ4n) is 2.53. The van der Waals surface area contributed by atoms with E-state index in [-0.39, 0.29) is 6.04 Å². The third-order valence-corrected chi connectivity index (χ3v) is 6.97. The van der Waals surface area contributed by atoms with E-state index in [9.17, 15) is 8.42 Å². The molecule has 0 aliphatic carbocycles. The Morgan fingerprint density at radius 1 is 1.48 bits per heavy atom. The summed E-state index contributed by atoms with van der Waals surface area (Å²) in [7, 11) is -1.68. The molecule has 2 rings (SSSR count). The molecule has 0 radical (unpaired) electrons. The Hall–Kier alpha value is -0.500. The van der Waals surface area contributed by atoms with Gasteiger partial charge in [0.15, 0.2) is 0 Å². The molecule has 1 N–H and O–H groups in total.